The summed E-state index contributed by atoms with van der Waals surface area (Å²) in [6.07, 6.45) is 1.28. The third-order valence-electron chi connectivity index (χ3n) is 3.06. The van der Waals surface area contributed by atoms with Crippen LogP contribution in [0, 0.1) is 10.1 Å². The molecule has 1 N–H and O–H groups in total. The Kier molecular flexibility index (Phi) is 4.53. The number of methoxy groups -OCH3 is 1. The van der Waals surface area contributed by atoms with Gasteiger partial charge in [-0.05, 0) is 18.2 Å². The molecule has 2 aromatic rings. The summed E-state index contributed by atoms with van der Waals surface area (Å²) in [7, 11) is 1.43. The molecule has 0 atom stereocenters. The van der Waals surface area contributed by atoms with Crippen LogP contribution in [0.2, 0.25) is 0 Å². The fraction of sp³-hybridized carbons (Fsp3) is 0.0625. The van der Waals surface area contributed by atoms with E-state index in [9.17, 15) is 20.0 Å². The van der Waals surface area contributed by atoms with Gasteiger partial charge in [-0.1, -0.05) is 30.3 Å². The standard InChI is InChI=1S/C16H13NO5/c1-22-15-9-5-3-7-12(15)13(16(18)19)10-11-6-2-4-8-14(11)17(20)21/h2-10H,1H3,(H,18,19)/b13-10-. The molecule has 6 heteroatoms. The number of carboxylic acids is 1. The first-order chi connectivity index (χ1) is 10.5. The Morgan fingerprint density at radius 1 is 1.18 bits per heavy atom. The zero-order valence-corrected chi connectivity index (χ0v) is 11.7. The predicted octanol–water partition coefficient (Wildman–Crippen LogP) is 3.23. The van der Waals surface area contributed by atoms with Gasteiger partial charge in [0.1, 0.15) is 5.75 Å². The first kappa shape index (κ1) is 15.2. The van der Waals surface area contributed by atoms with Crippen LogP contribution in [-0.2, 0) is 4.79 Å². The Bertz CT molecular complexity index is 752. The van der Waals surface area contributed by atoms with Crippen LogP contribution in [0.5, 0.6) is 5.75 Å². The number of nitro groups is 1. The average Bonchev–Trinajstić information content (AvgIpc) is 2.52. The number of nitrogens with zero attached hydrogens (tertiary/aromatic N) is 1. The lowest BCUT2D eigenvalue weighted by atomic mass is 10.0. The fourth-order valence-electron chi connectivity index (χ4n) is 2.05. The SMILES string of the molecule is COc1ccccc1/C(=C/c1ccccc1[N+](=O)[O-])C(=O)O. The van der Waals surface area contributed by atoms with Crippen molar-refractivity contribution in [2.45, 2.75) is 0 Å². The van der Waals surface area contributed by atoms with Crippen molar-refractivity contribution in [3.8, 4) is 5.75 Å². The van der Waals surface area contributed by atoms with E-state index < -0.39 is 10.9 Å². The fourth-order valence-corrected chi connectivity index (χ4v) is 2.05. The maximum Gasteiger partial charge on any atom is 0.336 e. The second-order valence-corrected chi connectivity index (χ2v) is 4.38. The van der Waals surface area contributed by atoms with Crippen molar-refractivity contribution in [2.75, 3.05) is 7.11 Å². The maximum absolute atomic E-state index is 11.6. The number of nitro benzene ring substituents is 1. The molecule has 22 heavy (non-hydrogen) atoms. The number of hydrogen-bond acceptors (Lipinski definition) is 4. The Morgan fingerprint density at radius 2 is 1.82 bits per heavy atom. The van der Waals surface area contributed by atoms with E-state index in [0.717, 1.165) is 0 Å². The van der Waals surface area contributed by atoms with Crippen LogP contribution in [0.4, 0.5) is 5.69 Å². The van der Waals surface area contributed by atoms with Crippen molar-refractivity contribution >= 4 is 23.3 Å². The first-order valence-electron chi connectivity index (χ1n) is 6.36. The van der Waals surface area contributed by atoms with Gasteiger partial charge in [0.2, 0.25) is 0 Å². The molecule has 0 bridgehead atoms. The van der Waals surface area contributed by atoms with Crippen LogP contribution in [0.25, 0.3) is 11.6 Å². The quantitative estimate of drug-likeness (QED) is 0.396. The molecule has 112 valence electrons. The van der Waals surface area contributed by atoms with Gasteiger partial charge in [0.25, 0.3) is 5.69 Å². The molecule has 0 aromatic heterocycles. The van der Waals surface area contributed by atoms with Crippen molar-refractivity contribution in [2.24, 2.45) is 0 Å². The van der Waals surface area contributed by atoms with Gasteiger partial charge in [-0.2, -0.15) is 0 Å². The number of para-hydroxylation sites is 2. The van der Waals surface area contributed by atoms with Gasteiger partial charge in [-0.15, -0.1) is 0 Å². The molecule has 6 nitrogen and oxygen atoms in total. The van der Waals surface area contributed by atoms with Gasteiger partial charge >= 0.3 is 5.97 Å². The highest BCUT2D eigenvalue weighted by Gasteiger charge is 2.18. The summed E-state index contributed by atoms with van der Waals surface area (Å²) < 4.78 is 5.15. The summed E-state index contributed by atoms with van der Waals surface area (Å²) in [5.41, 5.74) is 0.342. The summed E-state index contributed by atoms with van der Waals surface area (Å²) >= 11 is 0. The normalized spacial score (nSPS) is 11.0. The molecule has 0 saturated carbocycles. The molecule has 0 heterocycles. The zero-order chi connectivity index (χ0) is 16.1. The van der Waals surface area contributed by atoms with E-state index in [1.165, 1.54) is 31.4 Å². The van der Waals surface area contributed by atoms with Crippen molar-refractivity contribution in [3.05, 3.63) is 69.8 Å². The lowest BCUT2D eigenvalue weighted by Gasteiger charge is -2.09. The highest BCUT2D eigenvalue weighted by atomic mass is 16.6. The molecule has 0 spiro atoms. The van der Waals surface area contributed by atoms with E-state index in [2.05, 4.69) is 0 Å². The molecule has 2 rings (SSSR count). The molecular weight excluding hydrogens is 286 g/mol. The van der Waals surface area contributed by atoms with Gasteiger partial charge in [0.05, 0.1) is 23.2 Å². The van der Waals surface area contributed by atoms with Crippen LogP contribution < -0.4 is 4.74 Å². The number of aliphatic carboxylic acids is 1. The third kappa shape index (κ3) is 3.12. The Morgan fingerprint density at radius 3 is 2.45 bits per heavy atom. The lowest BCUT2D eigenvalue weighted by Crippen LogP contribution is -2.02. The lowest BCUT2D eigenvalue weighted by molar-refractivity contribution is -0.385. The monoisotopic (exact) mass is 299 g/mol. The molecule has 2 aromatic carbocycles. The molecule has 0 amide bonds. The summed E-state index contributed by atoms with van der Waals surface area (Å²) in [4.78, 5) is 22.0. The average molecular weight is 299 g/mol. The number of ether oxygens (including phenoxy) is 1. The number of rotatable bonds is 5. The molecular formula is C16H13NO5. The topological polar surface area (TPSA) is 89.7 Å². The second-order valence-electron chi connectivity index (χ2n) is 4.38. The van der Waals surface area contributed by atoms with E-state index in [4.69, 9.17) is 4.74 Å². The predicted molar refractivity (Wildman–Crippen MR) is 81.6 cm³/mol. The largest absolute Gasteiger partial charge is 0.496 e. The van der Waals surface area contributed by atoms with Crippen molar-refractivity contribution in [1.29, 1.82) is 0 Å². The van der Waals surface area contributed by atoms with E-state index in [1.54, 1.807) is 30.3 Å². The molecule has 0 fully saturated rings. The highest BCUT2D eigenvalue weighted by Crippen LogP contribution is 2.30. The summed E-state index contributed by atoms with van der Waals surface area (Å²) in [6, 6.07) is 12.6. The van der Waals surface area contributed by atoms with Crippen LogP contribution in [0.3, 0.4) is 0 Å². The van der Waals surface area contributed by atoms with E-state index in [1.807, 2.05) is 0 Å². The third-order valence-corrected chi connectivity index (χ3v) is 3.06. The first-order valence-corrected chi connectivity index (χ1v) is 6.36. The molecule has 0 radical (unpaired) electrons. The Labute approximate surface area is 126 Å². The molecule has 0 unspecified atom stereocenters. The highest BCUT2D eigenvalue weighted by molar-refractivity contribution is 6.21. The van der Waals surface area contributed by atoms with Crippen molar-refractivity contribution < 1.29 is 19.6 Å². The number of carboxylic acid groups (broad SMARTS) is 1. The van der Waals surface area contributed by atoms with Crippen LogP contribution >= 0.6 is 0 Å². The van der Waals surface area contributed by atoms with Crippen LogP contribution in [0.15, 0.2) is 48.5 Å². The summed E-state index contributed by atoms with van der Waals surface area (Å²) in [5, 5.41) is 20.5. The minimum atomic E-state index is -1.19. The number of hydrogen-bond donors (Lipinski definition) is 1. The van der Waals surface area contributed by atoms with Gasteiger partial charge in [-0.25, -0.2) is 4.79 Å². The van der Waals surface area contributed by atoms with Gasteiger partial charge in [0, 0.05) is 11.6 Å². The molecule has 0 saturated heterocycles. The Hall–Kier alpha value is -3.15. The minimum Gasteiger partial charge on any atom is -0.496 e. The van der Waals surface area contributed by atoms with Gasteiger partial charge < -0.3 is 9.84 Å². The minimum absolute atomic E-state index is 0.0771. The van der Waals surface area contributed by atoms with E-state index in [-0.39, 0.29) is 16.8 Å². The Balaban J connectivity index is 2.63. The van der Waals surface area contributed by atoms with Gasteiger partial charge in [-0.3, -0.25) is 10.1 Å². The molecule has 0 aliphatic heterocycles. The van der Waals surface area contributed by atoms with Crippen molar-refractivity contribution in [3.63, 3.8) is 0 Å². The number of benzene rings is 2. The zero-order valence-electron chi connectivity index (χ0n) is 11.7. The maximum atomic E-state index is 11.6. The number of carbonyl (C=O) groups is 1. The summed E-state index contributed by atoms with van der Waals surface area (Å²) in [6.45, 7) is 0. The van der Waals surface area contributed by atoms with Crippen LogP contribution in [0.1, 0.15) is 11.1 Å². The van der Waals surface area contributed by atoms with Crippen LogP contribution in [-0.4, -0.2) is 23.1 Å². The smallest absolute Gasteiger partial charge is 0.336 e. The van der Waals surface area contributed by atoms with Gasteiger partial charge in [0.15, 0.2) is 0 Å². The molecule has 0 aliphatic rings. The molecule has 0 aliphatic carbocycles. The van der Waals surface area contributed by atoms with Crippen molar-refractivity contribution in [1.82, 2.24) is 0 Å². The second kappa shape index (κ2) is 6.53. The van der Waals surface area contributed by atoms with E-state index >= 15 is 0 Å². The summed E-state index contributed by atoms with van der Waals surface area (Å²) in [5.74, 6) is -0.808. The van der Waals surface area contributed by atoms with E-state index in [0.29, 0.717) is 11.3 Å².